The minimum atomic E-state index is -3.62. The summed E-state index contributed by atoms with van der Waals surface area (Å²) in [5, 5.41) is 3.56. The van der Waals surface area contributed by atoms with Gasteiger partial charge in [-0.25, -0.2) is 8.42 Å². The van der Waals surface area contributed by atoms with E-state index >= 15 is 0 Å². The summed E-state index contributed by atoms with van der Waals surface area (Å²) < 4.78 is 37.1. The number of rotatable bonds is 13. The number of hydrogen-bond acceptors (Lipinski definition) is 6. The molecule has 0 aliphatic carbocycles. The van der Waals surface area contributed by atoms with Gasteiger partial charge in [0, 0.05) is 36.6 Å². The smallest absolute Gasteiger partial charge is 0.243 e. The van der Waals surface area contributed by atoms with E-state index in [1.807, 2.05) is 32.9 Å². The van der Waals surface area contributed by atoms with Gasteiger partial charge in [-0.05, 0) is 56.0 Å². The second kappa shape index (κ2) is 13.2. The first-order valence-corrected chi connectivity index (χ1v) is 15.0. The highest BCUT2D eigenvalue weighted by Crippen LogP contribution is 2.36. The molecule has 0 saturated heterocycles. The predicted octanol–water partition coefficient (Wildman–Crippen LogP) is 4.34. The van der Waals surface area contributed by atoms with Crippen molar-refractivity contribution in [2.24, 2.45) is 0 Å². The maximum absolute atomic E-state index is 13.5. The Morgan fingerprint density at radius 3 is 2.37 bits per heavy atom. The van der Waals surface area contributed by atoms with Gasteiger partial charge in [0.25, 0.3) is 0 Å². The lowest BCUT2D eigenvalue weighted by molar-refractivity contribution is -0.141. The molecule has 0 aromatic heterocycles. The number of carbonyl (C=O) groups excluding carboxylic acids is 2. The Morgan fingerprint density at radius 1 is 1.05 bits per heavy atom. The van der Waals surface area contributed by atoms with Crippen LogP contribution in [0.25, 0.3) is 0 Å². The molecule has 2 atom stereocenters. The Hall–Kier alpha value is -2.98. The van der Waals surface area contributed by atoms with Crippen LogP contribution in [0.5, 0.6) is 11.5 Å². The van der Waals surface area contributed by atoms with E-state index in [0.29, 0.717) is 28.6 Å². The zero-order valence-corrected chi connectivity index (χ0v) is 23.8. The molecule has 0 spiro atoms. The summed E-state index contributed by atoms with van der Waals surface area (Å²) in [4.78, 5) is 28.2. The molecule has 2 aromatic carbocycles. The van der Waals surface area contributed by atoms with Gasteiger partial charge in [0.1, 0.15) is 6.04 Å². The molecule has 0 radical (unpaired) electrons. The third-order valence-corrected chi connectivity index (χ3v) is 7.90. The van der Waals surface area contributed by atoms with Crippen LogP contribution in [0, 0.1) is 0 Å². The van der Waals surface area contributed by atoms with Crippen LogP contribution in [-0.2, 0) is 26.2 Å². The second-order valence-electron chi connectivity index (χ2n) is 9.37. The lowest BCUT2D eigenvalue weighted by atomic mass is 10.1. The monoisotopic (exact) mass is 565 g/mol. The van der Waals surface area contributed by atoms with Gasteiger partial charge in [0.05, 0.1) is 11.9 Å². The average molecular weight is 566 g/mol. The van der Waals surface area contributed by atoms with E-state index in [2.05, 4.69) is 5.32 Å². The van der Waals surface area contributed by atoms with Crippen LogP contribution in [-0.4, -0.2) is 56.8 Å². The summed E-state index contributed by atoms with van der Waals surface area (Å²) in [6.07, 6.45) is 2.67. The van der Waals surface area contributed by atoms with Gasteiger partial charge in [-0.15, -0.1) is 0 Å². The Labute approximate surface area is 230 Å². The minimum absolute atomic E-state index is 0.0194. The van der Waals surface area contributed by atoms with Gasteiger partial charge in [0.15, 0.2) is 11.5 Å². The van der Waals surface area contributed by atoms with Gasteiger partial charge in [0.2, 0.25) is 28.6 Å². The van der Waals surface area contributed by atoms with E-state index in [-0.39, 0.29) is 50.6 Å². The van der Waals surface area contributed by atoms with Crippen LogP contribution in [0.3, 0.4) is 0 Å². The van der Waals surface area contributed by atoms with Crippen molar-refractivity contribution >= 4 is 39.1 Å². The molecular formula is C27H36ClN3O6S. The first-order valence-electron chi connectivity index (χ1n) is 12.7. The first kappa shape index (κ1) is 29.6. The highest BCUT2D eigenvalue weighted by atomic mass is 35.5. The lowest BCUT2D eigenvalue weighted by Crippen LogP contribution is -2.50. The van der Waals surface area contributed by atoms with E-state index in [0.717, 1.165) is 18.2 Å². The third kappa shape index (κ3) is 7.77. The first-order chi connectivity index (χ1) is 18.0. The molecule has 1 N–H and O–H groups in total. The van der Waals surface area contributed by atoms with Gasteiger partial charge < -0.3 is 19.7 Å². The van der Waals surface area contributed by atoms with E-state index in [9.17, 15) is 18.0 Å². The van der Waals surface area contributed by atoms with E-state index in [1.165, 1.54) is 4.31 Å². The molecule has 2 aromatic rings. The number of anilines is 1. The number of carbonyl (C=O) groups is 2. The molecule has 0 bridgehead atoms. The number of fused-ring (bicyclic) bond motifs is 1. The molecule has 9 nitrogen and oxygen atoms in total. The Bertz CT molecular complexity index is 1220. The van der Waals surface area contributed by atoms with Crippen LogP contribution in [0.4, 0.5) is 5.69 Å². The summed E-state index contributed by atoms with van der Waals surface area (Å²) in [7, 11) is -3.62. The topological polar surface area (TPSA) is 105 Å². The van der Waals surface area contributed by atoms with Gasteiger partial charge in [-0.2, -0.15) is 0 Å². The summed E-state index contributed by atoms with van der Waals surface area (Å²) in [6, 6.07) is 11.4. The van der Waals surface area contributed by atoms with E-state index in [1.54, 1.807) is 35.2 Å². The van der Waals surface area contributed by atoms with Crippen molar-refractivity contribution < 1.29 is 27.5 Å². The van der Waals surface area contributed by atoms with Crippen molar-refractivity contribution in [3.05, 3.63) is 53.1 Å². The summed E-state index contributed by atoms with van der Waals surface area (Å²) in [5.74, 6) is 0.587. The molecule has 11 heteroatoms. The molecular weight excluding hydrogens is 530 g/mol. The second-order valence-corrected chi connectivity index (χ2v) is 11.7. The zero-order valence-electron chi connectivity index (χ0n) is 22.3. The molecule has 38 heavy (non-hydrogen) atoms. The number of benzene rings is 2. The number of hydrogen-bond donors (Lipinski definition) is 1. The fourth-order valence-electron chi connectivity index (χ4n) is 4.19. The Balaban J connectivity index is 1.76. The Morgan fingerprint density at radius 2 is 1.74 bits per heavy atom. The Kier molecular flexibility index (Phi) is 10.3. The number of nitrogens with one attached hydrogen (secondary N) is 1. The quantitative estimate of drug-likeness (QED) is 0.387. The molecule has 208 valence electrons. The number of ether oxygens (including phenoxy) is 2. The molecule has 3 rings (SSSR count). The van der Waals surface area contributed by atoms with Gasteiger partial charge in [-0.1, -0.05) is 37.6 Å². The molecule has 0 saturated carbocycles. The molecule has 2 amide bonds. The minimum Gasteiger partial charge on any atom is -0.454 e. The average Bonchev–Trinajstić information content (AvgIpc) is 3.34. The van der Waals surface area contributed by atoms with Crippen LogP contribution in [0.1, 0.15) is 52.0 Å². The van der Waals surface area contributed by atoms with Crippen LogP contribution < -0.4 is 19.1 Å². The molecule has 1 aliphatic heterocycles. The van der Waals surface area contributed by atoms with Crippen LogP contribution in [0.2, 0.25) is 5.02 Å². The fourth-order valence-corrected chi connectivity index (χ4v) is 5.27. The zero-order chi connectivity index (χ0) is 27.9. The van der Waals surface area contributed by atoms with Crippen LogP contribution in [0.15, 0.2) is 42.5 Å². The normalized spacial score (nSPS) is 14.0. The molecule has 0 unspecified atom stereocenters. The SMILES string of the molecule is CC[C@H](C(=O)N[C@@H](C)CC)N(Cc1ccc(Cl)cc1)C(=O)CCCN(c1ccc2c(c1)OCO2)S(C)(=O)=O. The molecule has 1 heterocycles. The summed E-state index contributed by atoms with van der Waals surface area (Å²) in [5.41, 5.74) is 1.28. The molecule has 1 aliphatic rings. The largest absolute Gasteiger partial charge is 0.454 e. The number of amides is 2. The third-order valence-electron chi connectivity index (χ3n) is 6.45. The van der Waals surface area contributed by atoms with Crippen molar-refractivity contribution in [1.29, 1.82) is 0 Å². The summed E-state index contributed by atoms with van der Waals surface area (Å²) >= 11 is 6.03. The predicted molar refractivity (Wildman–Crippen MR) is 148 cm³/mol. The van der Waals surface area contributed by atoms with Crippen molar-refractivity contribution in [1.82, 2.24) is 10.2 Å². The fraction of sp³-hybridized carbons (Fsp3) is 0.481. The van der Waals surface area contributed by atoms with Crippen molar-refractivity contribution in [2.45, 2.75) is 65.1 Å². The highest BCUT2D eigenvalue weighted by molar-refractivity contribution is 7.92. The van der Waals surface area contributed by atoms with E-state index < -0.39 is 16.1 Å². The number of sulfonamides is 1. The lowest BCUT2D eigenvalue weighted by Gasteiger charge is -2.32. The molecule has 0 fully saturated rings. The maximum Gasteiger partial charge on any atom is 0.243 e. The van der Waals surface area contributed by atoms with Crippen molar-refractivity contribution in [3.8, 4) is 11.5 Å². The maximum atomic E-state index is 13.5. The highest BCUT2D eigenvalue weighted by Gasteiger charge is 2.29. The number of nitrogens with zero attached hydrogens (tertiary/aromatic N) is 2. The van der Waals surface area contributed by atoms with Gasteiger partial charge >= 0.3 is 0 Å². The van der Waals surface area contributed by atoms with Gasteiger partial charge in [-0.3, -0.25) is 13.9 Å². The van der Waals surface area contributed by atoms with Crippen molar-refractivity contribution in [3.63, 3.8) is 0 Å². The van der Waals surface area contributed by atoms with Crippen molar-refractivity contribution in [2.75, 3.05) is 23.9 Å². The van der Waals surface area contributed by atoms with Crippen LogP contribution >= 0.6 is 11.6 Å². The van der Waals surface area contributed by atoms with E-state index in [4.69, 9.17) is 21.1 Å². The standard InChI is InChI=1S/C27H36ClN3O6S/c1-5-19(3)29-27(33)23(6-2)30(17-20-9-11-21(28)12-10-20)26(32)8-7-15-31(38(4,34)35)22-13-14-24-25(16-22)37-18-36-24/h9-14,16,19,23H,5-8,15,17-18H2,1-4H3,(H,29,33)/t19-,23+/m0/s1. The summed E-state index contributed by atoms with van der Waals surface area (Å²) in [6.45, 7) is 6.18. The number of halogens is 1.